The molecule has 1 aliphatic rings. The van der Waals surface area contributed by atoms with Gasteiger partial charge in [0.25, 0.3) is 0 Å². The molecule has 1 saturated heterocycles. The van der Waals surface area contributed by atoms with Crippen molar-refractivity contribution in [3.63, 3.8) is 0 Å². The molecule has 0 saturated carbocycles. The van der Waals surface area contributed by atoms with Gasteiger partial charge in [0.15, 0.2) is 6.10 Å². The van der Waals surface area contributed by atoms with Crippen molar-refractivity contribution >= 4 is 17.9 Å². The van der Waals surface area contributed by atoms with Gasteiger partial charge < -0.3 is 29.0 Å². The van der Waals surface area contributed by atoms with Crippen LogP contribution in [0.15, 0.2) is 157 Å². The molecule has 1 fully saturated rings. The fourth-order valence-corrected chi connectivity index (χ4v) is 6.74. The van der Waals surface area contributed by atoms with Crippen LogP contribution in [0.3, 0.4) is 0 Å². The van der Waals surface area contributed by atoms with Crippen LogP contribution < -0.4 is 5.32 Å². The quantitative estimate of drug-likeness (QED) is 0.120. The van der Waals surface area contributed by atoms with Crippen LogP contribution in [0.25, 0.3) is 0 Å². The molecule has 1 aliphatic heterocycles. The Kier molecular flexibility index (Phi) is 12.9. The molecule has 0 spiro atoms. The van der Waals surface area contributed by atoms with Gasteiger partial charge in [-0.1, -0.05) is 151 Å². The van der Waals surface area contributed by atoms with Crippen molar-refractivity contribution in [2.45, 2.75) is 61.1 Å². The largest absolute Gasteiger partial charge is 0.440 e. The predicted molar refractivity (Wildman–Crippen MR) is 191 cm³/mol. The number of hydrogen-bond acceptors (Lipinski definition) is 7. The van der Waals surface area contributed by atoms with E-state index in [9.17, 15) is 4.79 Å². The summed E-state index contributed by atoms with van der Waals surface area (Å²) >= 11 is 1.53. The number of ether oxygens (including phenoxy) is 5. The van der Waals surface area contributed by atoms with E-state index < -0.39 is 35.9 Å². The van der Waals surface area contributed by atoms with Crippen LogP contribution in [0.5, 0.6) is 0 Å². The van der Waals surface area contributed by atoms with E-state index in [1.54, 1.807) is 0 Å². The number of alkyl carbamates (subject to hydrolysis) is 1. The third-order valence-corrected chi connectivity index (χ3v) is 9.23. The molecule has 1 N–H and O–H groups in total. The van der Waals surface area contributed by atoms with Crippen molar-refractivity contribution in [3.05, 3.63) is 174 Å². The van der Waals surface area contributed by atoms with Crippen molar-refractivity contribution in [3.8, 4) is 0 Å². The molecule has 5 aromatic rings. The highest BCUT2D eigenvalue weighted by Gasteiger charge is 2.50. The average Bonchev–Trinajstić information content (AvgIpc) is 3.15. The fraction of sp³-hybridized carbons (Fsp3) is 0.244. The van der Waals surface area contributed by atoms with Gasteiger partial charge in [0, 0.05) is 11.4 Å². The number of thioether (sulfide) groups is 1. The van der Waals surface area contributed by atoms with Crippen LogP contribution in [0.1, 0.15) is 22.3 Å². The molecule has 5 aromatic carbocycles. The van der Waals surface area contributed by atoms with Crippen LogP contribution in [-0.4, -0.2) is 42.6 Å². The number of nitrogens with one attached hydrogen (secondary N) is 1. The molecule has 5 atom stereocenters. The average molecular weight is 676 g/mol. The first-order chi connectivity index (χ1) is 24.2. The topological polar surface area (TPSA) is 75.3 Å². The lowest BCUT2D eigenvalue weighted by molar-refractivity contribution is -0.240. The van der Waals surface area contributed by atoms with Gasteiger partial charge in [-0.2, -0.15) is 0 Å². The predicted octanol–water partition coefficient (Wildman–Crippen LogP) is 8.19. The Hall–Kier alpha value is -4.44. The minimum atomic E-state index is -0.830. The maximum absolute atomic E-state index is 13.6. The molecule has 7 nitrogen and oxygen atoms in total. The first kappa shape index (κ1) is 34.4. The zero-order chi connectivity index (χ0) is 33.5. The van der Waals surface area contributed by atoms with Gasteiger partial charge in [-0.3, -0.25) is 0 Å². The minimum Gasteiger partial charge on any atom is -0.440 e. The molecule has 49 heavy (non-hydrogen) atoms. The first-order valence-corrected chi connectivity index (χ1v) is 17.4. The van der Waals surface area contributed by atoms with Crippen LogP contribution in [0, 0.1) is 0 Å². The molecular weight excluding hydrogens is 635 g/mol. The normalized spacial score (nSPS) is 20.4. The lowest BCUT2D eigenvalue weighted by Crippen LogP contribution is -2.61. The maximum atomic E-state index is 13.6. The Morgan fingerprint density at radius 3 is 1.59 bits per heavy atom. The van der Waals surface area contributed by atoms with E-state index >= 15 is 0 Å². The van der Waals surface area contributed by atoms with Crippen molar-refractivity contribution in [2.24, 2.45) is 0 Å². The number of amides is 1. The molecule has 0 unspecified atom stereocenters. The van der Waals surface area contributed by atoms with Gasteiger partial charge in [0.2, 0.25) is 0 Å². The summed E-state index contributed by atoms with van der Waals surface area (Å²) in [6.07, 6.45) is -3.35. The Morgan fingerprint density at radius 1 is 0.571 bits per heavy atom. The summed E-state index contributed by atoms with van der Waals surface area (Å²) in [4.78, 5) is 14.6. The SMILES string of the molecule is O=C(NCc1ccccc1)O[C@@H]1[C@H](OCc2ccccc2)[C@@H](Sc2ccccc2)O[C@H](COCc2ccccc2)[C@H]1OCc1ccccc1. The van der Waals surface area contributed by atoms with Gasteiger partial charge in [-0.15, -0.1) is 0 Å². The molecule has 0 aromatic heterocycles. The Balaban J connectivity index is 1.30. The lowest BCUT2D eigenvalue weighted by atomic mass is 9.99. The van der Waals surface area contributed by atoms with Gasteiger partial charge in [0.1, 0.15) is 23.7 Å². The van der Waals surface area contributed by atoms with Gasteiger partial charge >= 0.3 is 6.09 Å². The third kappa shape index (κ3) is 10.5. The molecule has 8 heteroatoms. The van der Waals surface area contributed by atoms with E-state index in [-0.39, 0.29) is 13.2 Å². The zero-order valence-corrected chi connectivity index (χ0v) is 28.0. The zero-order valence-electron chi connectivity index (χ0n) is 27.2. The van der Waals surface area contributed by atoms with Crippen LogP contribution in [0.4, 0.5) is 4.79 Å². The van der Waals surface area contributed by atoms with Crippen molar-refractivity contribution in [1.82, 2.24) is 5.32 Å². The smallest absolute Gasteiger partial charge is 0.407 e. The fourth-order valence-electron chi connectivity index (χ4n) is 5.59. The van der Waals surface area contributed by atoms with Crippen molar-refractivity contribution < 1.29 is 28.5 Å². The monoisotopic (exact) mass is 675 g/mol. The molecule has 6 rings (SSSR count). The maximum Gasteiger partial charge on any atom is 0.407 e. The molecule has 0 bridgehead atoms. The van der Waals surface area contributed by atoms with E-state index in [1.807, 2.05) is 152 Å². The third-order valence-electron chi connectivity index (χ3n) is 8.07. The molecule has 1 heterocycles. The lowest BCUT2D eigenvalue weighted by Gasteiger charge is -2.45. The van der Waals surface area contributed by atoms with Crippen LogP contribution in [0.2, 0.25) is 0 Å². The number of carbonyl (C=O) groups is 1. The highest BCUT2D eigenvalue weighted by Crippen LogP contribution is 2.38. The Bertz CT molecular complexity index is 1660. The summed E-state index contributed by atoms with van der Waals surface area (Å²) in [6.45, 7) is 1.53. The van der Waals surface area contributed by atoms with Crippen molar-refractivity contribution in [1.29, 1.82) is 0 Å². The number of benzene rings is 5. The second-order valence-electron chi connectivity index (χ2n) is 11.7. The summed E-state index contributed by atoms with van der Waals surface area (Å²) in [5, 5.41) is 2.93. The van der Waals surface area contributed by atoms with E-state index in [0.717, 1.165) is 27.1 Å². The second-order valence-corrected chi connectivity index (χ2v) is 12.9. The summed E-state index contributed by atoms with van der Waals surface area (Å²) < 4.78 is 32.7. The molecule has 0 aliphatic carbocycles. The number of hydrogen-bond donors (Lipinski definition) is 1. The minimum absolute atomic E-state index is 0.219. The number of carbonyl (C=O) groups excluding carboxylic acids is 1. The molecule has 252 valence electrons. The molecule has 1 amide bonds. The summed E-state index contributed by atoms with van der Waals surface area (Å²) in [7, 11) is 0. The van der Waals surface area contributed by atoms with Gasteiger partial charge in [0.05, 0.1) is 26.4 Å². The van der Waals surface area contributed by atoms with Crippen LogP contribution in [-0.2, 0) is 50.0 Å². The highest BCUT2D eigenvalue weighted by atomic mass is 32.2. The second kappa shape index (κ2) is 18.4. The van der Waals surface area contributed by atoms with E-state index in [1.165, 1.54) is 11.8 Å². The van der Waals surface area contributed by atoms with Crippen molar-refractivity contribution in [2.75, 3.05) is 6.61 Å². The number of rotatable bonds is 15. The molecular formula is C41H41NO6S. The van der Waals surface area contributed by atoms with Gasteiger partial charge in [-0.25, -0.2) is 4.79 Å². The Labute approximate surface area is 292 Å². The summed E-state index contributed by atoms with van der Waals surface area (Å²) in [5.74, 6) is 0. The highest BCUT2D eigenvalue weighted by molar-refractivity contribution is 7.99. The van der Waals surface area contributed by atoms with E-state index in [2.05, 4.69) is 5.32 Å². The van der Waals surface area contributed by atoms with Crippen LogP contribution >= 0.6 is 11.8 Å². The Morgan fingerprint density at radius 2 is 1.04 bits per heavy atom. The van der Waals surface area contributed by atoms with E-state index in [0.29, 0.717) is 19.8 Å². The summed E-state index contributed by atoms with van der Waals surface area (Å²) in [6, 6.07) is 49.6. The van der Waals surface area contributed by atoms with Gasteiger partial charge in [-0.05, 0) is 34.4 Å². The molecule has 0 radical (unpaired) electrons. The first-order valence-electron chi connectivity index (χ1n) is 16.5. The van der Waals surface area contributed by atoms with E-state index in [4.69, 9.17) is 23.7 Å². The standard InChI is InChI=1S/C41H41NO6S/c43-41(42-26-31-16-6-1-7-17-31)48-38-37(45-28-33-20-10-3-11-21-33)36(30-44-27-32-18-8-2-9-19-32)47-40(49-35-24-14-5-15-25-35)39(38)46-29-34-22-12-4-13-23-34/h1-25,36-40H,26-30H2,(H,42,43)/t36-,37-,38+,39+,40-/m1/s1. The summed E-state index contributed by atoms with van der Waals surface area (Å²) in [5.41, 5.74) is 3.45.